The van der Waals surface area contributed by atoms with Crippen molar-refractivity contribution in [1.82, 2.24) is 5.32 Å². The van der Waals surface area contributed by atoms with Crippen LogP contribution in [0.25, 0.3) is 0 Å². The summed E-state index contributed by atoms with van der Waals surface area (Å²) >= 11 is 0. The largest absolute Gasteiger partial charge is 0.343 e. The Balaban J connectivity index is 2.64. The molecule has 3 heteroatoms. The van der Waals surface area contributed by atoms with Crippen LogP contribution < -0.4 is 5.32 Å². The molecule has 0 bridgehead atoms. The van der Waals surface area contributed by atoms with Crippen LogP contribution in [-0.4, -0.2) is 12.5 Å². The van der Waals surface area contributed by atoms with E-state index >= 15 is 0 Å². The van der Waals surface area contributed by atoms with E-state index in [0.29, 0.717) is 17.8 Å². The topological polar surface area (TPSA) is 52.9 Å². The Morgan fingerprint density at radius 3 is 2.75 bits per heavy atom. The second-order valence-electron chi connectivity index (χ2n) is 5.31. The molecule has 1 fully saturated rings. The van der Waals surface area contributed by atoms with Crippen LogP contribution in [0.3, 0.4) is 0 Å². The Morgan fingerprint density at radius 2 is 2.19 bits per heavy atom. The summed E-state index contributed by atoms with van der Waals surface area (Å²) in [5.41, 5.74) is 0. The van der Waals surface area contributed by atoms with Crippen molar-refractivity contribution in [2.75, 3.05) is 6.54 Å². The van der Waals surface area contributed by atoms with Gasteiger partial charge in [0.2, 0.25) is 5.91 Å². The molecule has 0 aromatic rings. The van der Waals surface area contributed by atoms with Crippen LogP contribution in [0.5, 0.6) is 0 Å². The fourth-order valence-electron chi connectivity index (χ4n) is 2.76. The van der Waals surface area contributed by atoms with Gasteiger partial charge in [0.25, 0.3) is 0 Å². The lowest BCUT2D eigenvalue weighted by Crippen LogP contribution is -2.40. The van der Waals surface area contributed by atoms with Gasteiger partial charge >= 0.3 is 0 Å². The summed E-state index contributed by atoms with van der Waals surface area (Å²) < 4.78 is 0. The highest BCUT2D eigenvalue weighted by atomic mass is 16.1. The van der Waals surface area contributed by atoms with E-state index in [0.717, 1.165) is 12.8 Å². The fraction of sp³-hybridized carbons (Fsp3) is 0.846. The van der Waals surface area contributed by atoms with Gasteiger partial charge in [-0.2, -0.15) is 5.26 Å². The van der Waals surface area contributed by atoms with Crippen LogP contribution in [0.2, 0.25) is 0 Å². The number of rotatable bonds is 3. The minimum absolute atomic E-state index is 0.0757. The highest BCUT2D eigenvalue weighted by Crippen LogP contribution is 2.37. The molecule has 3 atom stereocenters. The third-order valence-corrected chi connectivity index (χ3v) is 3.70. The summed E-state index contributed by atoms with van der Waals surface area (Å²) in [4.78, 5) is 12.0. The van der Waals surface area contributed by atoms with E-state index < -0.39 is 0 Å². The van der Waals surface area contributed by atoms with Crippen molar-refractivity contribution in [3.8, 4) is 6.07 Å². The van der Waals surface area contributed by atoms with E-state index in [1.807, 2.05) is 6.07 Å². The minimum Gasteiger partial charge on any atom is -0.343 e. The molecule has 0 aromatic heterocycles. The average molecular weight is 222 g/mol. The summed E-state index contributed by atoms with van der Waals surface area (Å²) in [7, 11) is 0. The zero-order chi connectivity index (χ0) is 12.1. The lowest BCUT2D eigenvalue weighted by Gasteiger charge is -2.36. The molecule has 16 heavy (non-hydrogen) atoms. The quantitative estimate of drug-likeness (QED) is 0.745. The van der Waals surface area contributed by atoms with E-state index in [1.165, 1.54) is 6.42 Å². The number of amides is 1. The number of hydrogen-bond donors (Lipinski definition) is 1. The van der Waals surface area contributed by atoms with E-state index in [2.05, 4.69) is 26.1 Å². The van der Waals surface area contributed by atoms with E-state index in [-0.39, 0.29) is 18.4 Å². The molecule has 1 saturated carbocycles. The molecule has 0 aromatic carbocycles. The smallest absolute Gasteiger partial charge is 0.224 e. The lowest BCUT2D eigenvalue weighted by molar-refractivity contribution is -0.129. The van der Waals surface area contributed by atoms with Gasteiger partial charge in [0.15, 0.2) is 0 Å². The second-order valence-corrected chi connectivity index (χ2v) is 5.31. The number of carbonyl (C=O) groups is 1. The number of nitrogens with one attached hydrogen (secondary N) is 1. The Morgan fingerprint density at radius 1 is 1.50 bits per heavy atom. The number of carbonyl (C=O) groups excluding carboxylic acids is 1. The number of hydrogen-bond acceptors (Lipinski definition) is 2. The first-order valence-corrected chi connectivity index (χ1v) is 6.21. The number of nitrogens with zero attached hydrogens (tertiary/aromatic N) is 1. The molecule has 0 unspecified atom stereocenters. The molecular formula is C13H22N2O. The molecule has 0 heterocycles. The molecule has 0 radical (unpaired) electrons. The van der Waals surface area contributed by atoms with E-state index in [4.69, 9.17) is 5.26 Å². The van der Waals surface area contributed by atoms with Crippen LogP contribution in [0, 0.1) is 35.0 Å². The van der Waals surface area contributed by atoms with Gasteiger partial charge in [-0.15, -0.1) is 0 Å². The first kappa shape index (κ1) is 13.0. The van der Waals surface area contributed by atoms with Crippen LogP contribution in [0.4, 0.5) is 0 Å². The maximum Gasteiger partial charge on any atom is 0.224 e. The maximum absolute atomic E-state index is 12.0. The molecule has 0 spiro atoms. The van der Waals surface area contributed by atoms with Crippen LogP contribution >= 0.6 is 0 Å². The molecule has 0 aliphatic heterocycles. The molecule has 1 amide bonds. The van der Waals surface area contributed by atoms with Crippen LogP contribution in [0.1, 0.15) is 40.0 Å². The summed E-state index contributed by atoms with van der Waals surface area (Å²) in [6.45, 7) is 6.71. The van der Waals surface area contributed by atoms with Crippen molar-refractivity contribution in [2.45, 2.75) is 40.0 Å². The average Bonchev–Trinajstić information content (AvgIpc) is 2.25. The Bertz CT molecular complexity index is 280. The van der Waals surface area contributed by atoms with E-state index in [9.17, 15) is 4.79 Å². The first-order chi connectivity index (χ1) is 7.56. The van der Waals surface area contributed by atoms with Crippen molar-refractivity contribution in [2.24, 2.45) is 23.7 Å². The second kappa shape index (κ2) is 5.89. The van der Waals surface area contributed by atoms with Gasteiger partial charge in [0.1, 0.15) is 6.54 Å². The highest BCUT2D eigenvalue weighted by Gasteiger charge is 2.34. The molecule has 90 valence electrons. The monoisotopic (exact) mass is 222 g/mol. The van der Waals surface area contributed by atoms with Crippen molar-refractivity contribution in [1.29, 1.82) is 5.26 Å². The lowest BCUT2D eigenvalue weighted by atomic mass is 9.70. The maximum atomic E-state index is 12.0. The van der Waals surface area contributed by atoms with Gasteiger partial charge in [0.05, 0.1) is 6.07 Å². The summed E-state index contributed by atoms with van der Waals surface area (Å²) in [6, 6.07) is 1.96. The van der Waals surface area contributed by atoms with Crippen molar-refractivity contribution in [3.05, 3.63) is 0 Å². The summed E-state index contributed by atoms with van der Waals surface area (Å²) in [5.74, 6) is 1.84. The summed E-state index contributed by atoms with van der Waals surface area (Å²) in [5, 5.41) is 11.2. The Kier molecular flexibility index (Phi) is 4.79. The summed E-state index contributed by atoms with van der Waals surface area (Å²) in [6.07, 6.45) is 3.34. The highest BCUT2D eigenvalue weighted by molar-refractivity contribution is 5.79. The SMILES string of the molecule is CC(C)[C@@H]1CC[C@@H](C)C[C@H]1C(=O)NCC#N. The van der Waals surface area contributed by atoms with Gasteiger partial charge in [-0.3, -0.25) is 4.79 Å². The molecule has 0 saturated heterocycles. The zero-order valence-electron chi connectivity index (χ0n) is 10.5. The van der Waals surface area contributed by atoms with Gasteiger partial charge in [0, 0.05) is 5.92 Å². The van der Waals surface area contributed by atoms with Crippen LogP contribution in [-0.2, 0) is 4.79 Å². The van der Waals surface area contributed by atoms with Crippen molar-refractivity contribution >= 4 is 5.91 Å². The predicted molar refractivity (Wildman–Crippen MR) is 63.5 cm³/mol. The third-order valence-electron chi connectivity index (χ3n) is 3.70. The molecule has 1 aliphatic carbocycles. The van der Waals surface area contributed by atoms with Crippen molar-refractivity contribution < 1.29 is 4.79 Å². The van der Waals surface area contributed by atoms with Crippen LogP contribution in [0.15, 0.2) is 0 Å². The van der Waals surface area contributed by atoms with E-state index in [1.54, 1.807) is 0 Å². The molecule has 1 rings (SSSR count). The predicted octanol–water partition coefficient (Wildman–Crippen LogP) is 2.33. The van der Waals surface area contributed by atoms with Gasteiger partial charge in [-0.05, 0) is 30.6 Å². The first-order valence-electron chi connectivity index (χ1n) is 6.21. The minimum atomic E-state index is 0.0757. The Hall–Kier alpha value is -1.04. The number of nitriles is 1. The molecular weight excluding hydrogens is 200 g/mol. The third kappa shape index (κ3) is 3.23. The van der Waals surface area contributed by atoms with Gasteiger partial charge in [-0.25, -0.2) is 0 Å². The Labute approximate surface area is 98.2 Å². The van der Waals surface area contributed by atoms with Gasteiger partial charge < -0.3 is 5.32 Å². The standard InChI is InChI=1S/C13H22N2O/c1-9(2)11-5-4-10(3)8-12(11)13(16)15-7-6-14/h9-12H,4-5,7-8H2,1-3H3,(H,15,16)/t10-,11+,12-/m1/s1. The molecule has 1 aliphatic rings. The van der Waals surface area contributed by atoms with Gasteiger partial charge in [-0.1, -0.05) is 27.2 Å². The molecule has 3 nitrogen and oxygen atoms in total. The molecule has 1 N–H and O–H groups in total. The fourth-order valence-corrected chi connectivity index (χ4v) is 2.76. The van der Waals surface area contributed by atoms with Crippen molar-refractivity contribution in [3.63, 3.8) is 0 Å². The zero-order valence-corrected chi connectivity index (χ0v) is 10.5. The normalized spacial score (nSPS) is 29.8.